The van der Waals surface area contributed by atoms with E-state index in [9.17, 15) is 14.9 Å². The van der Waals surface area contributed by atoms with Crippen molar-refractivity contribution in [3.63, 3.8) is 0 Å². The Kier molecular flexibility index (Phi) is 5.29. The zero-order valence-corrected chi connectivity index (χ0v) is 11.3. The SMILES string of the molecule is COCN(C(=O)CI)c1ccccc1[N+](=O)[O-]. The Bertz CT molecular complexity index is 425. The van der Waals surface area contributed by atoms with Gasteiger partial charge in [0.15, 0.2) is 0 Å². The van der Waals surface area contributed by atoms with Crippen molar-refractivity contribution < 1.29 is 14.5 Å². The van der Waals surface area contributed by atoms with Gasteiger partial charge < -0.3 is 4.74 Å². The number of amides is 1. The fourth-order valence-corrected chi connectivity index (χ4v) is 1.74. The molecule has 6 nitrogen and oxygen atoms in total. The van der Waals surface area contributed by atoms with E-state index in [1.807, 2.05) is 22.6 Å². The largest absolute Gasteiger partial charge is 0.364 e. The monoisotopic (exact) mass is 350 g/mol. The van der Waals surface area contributed by atoms with Crippen LogP contribution in [0.3, 0.4) is 0 Å². The van der Waals surface area contributed by atoms with Gasteiger partial charge in [0.1, 0.15) is 12.4 Å². The average Bonchev–Trinajstić information content (AvgIpc) is 2.35. The van der Waals surface area contributed by atoms with Gasteiger partial charge in [-0.05, 0) is 6.07 Å². The van der Waals surface area contributed by atoms with Crippen LogP contribution in [0.4, 0.5) is 11.4 Å². The van der Waals surface area contributed by atoms with Crippen molar-refractivity contribution >= 4 is 39.9 Å². The number of ether oxygens (including phenoxy) is 1. The van der Waals surface area contributed by atoms with Crippen LogP contribution in [0.2, 0.25) is 0 Å². The van der Waals surface area contributed by atoms with Gasteiger partial charge in [-0.25, -0.2) is 0 Å². The van der Waals surface area contributed by atoms with Crippen LogP contribution in [0.5, 0.6) is 0 Å². The lowest BCUT2D eigenvalue weighted by atomic mass is 10.2. The van der Waals surface area contributed by atoms with Crippen molar-refractivity contribution in [2.45, 2.75) is 0 Å². The molecular formula is C10H11IN2O4. The number of carbonyl (C=O) groups is 1. The normalized spacial score (nSPS) is 10.0. The zero-order valence-electron chi connectivity index (χ0n) is 9.13. The maximum absolute atomic E-state index is 11.7. The first-order valence-electron chi connectivity index (χ1n) is 4.70. The Morgan fingerprint density at radius 2 is 2.18 bits per heavy atom. The van der Waals surface area contributed by atoms with Gasteiger partial charge in [0.05, 0.1) is 9.35 Å². The molecule has 0 spiro atoms. The van der Waals surface area contributed by atoms with Crippen molar-refractivity contribution in [3.8, 4) is 0 Å². The van der Waals surface area contributed by atoms with E-state index >= 15 is 0 Å². The first-order chi connectivity index (χ1) is 8.11. The summed E-state index contributed by atoms with van der Waals surface area (Å²) in [6.45, 7) is -0.00725. The number of hydrogen-bond donors (Lipinski definition) is 0. The molecule has 0 N–H and O–H groups in total. The summed E-state index contributed by atoms with van der Waals surface area (Å²) in [4.78, 5) is 23.3. The number of nitro groups is 1. The molecule has 0 aliphatic rings. The molecule has 1 rings (SSSR count). The van der Waals surface area contributed by atoms with Crippen LogP contribution in [-0.2, 0) is 9.53 Å². The number of anilines is 1. The summed E-state index contributed by atoms with van der Waals surface area (Å²) in [5, 5.41) is 10.9. The Balaban J connectivity index is 3.17. The molecule has 7 heteroatoms. The molecule has 0 aromatic heterocycles. The van der Waals surface area contributed by atoms with Gasteiger partial charge in [-0.3, -0.25) is 19.8 Å². The average molecular weight is 350 g/mol. The van der Waals surface area contributed by atoms with Crippen molar-refractivity contribution in [2.24, 2.45) is 0 Å². The van der Waals surface area contributed by atoms with E-state index in [4.69, 9.17) is 4.74 Å². The number of hydrogen-bond acceptors (Lipinski definition) is 4. The minimum atomic E-state index is -0.515. The van der Waals surface area contributed by atoms with E-state index in [1.165, 1.54) is 24.1 Å². The van der Waals surface area contributed by atoms with E-state index in [-0.39, 0.29) is 28.4 Å². The lowest BCUT2D eigenvalue weighted by Crippen LogP contribution is -2.34. The molecule has 17 heavy (non-hydrogen) atoms. The molecule has 0 radical (unpaired) electrons. The fraction of sp³-hybridized carbons (Fsp3) is 0.300. The molecule has 0 fully saturated rings. The molecule has 0 heterocycles. The molecule has 0 bridgehead atoms. The number of carbonyl (C=O) groups excluding carboxylic acids is 1. The number of methoxy groups -OCH3 is 1. The summed E-state index contributed by atoms with van der Waals surface area (Å²) in [5.74, 6) is -0.234. The third-order valence-corrected chi connectivity index (χ3v) is 2.70. The minimum Gasteiger partial charge on any atom is -0.364 e. The molecule has 0 aliphatic carbocycles. The highest BCUT2D eigenvalue weighted by molar-refractivity contribution is 14.1. The number of halogens is 1. The van der Waals surface area contributed by atoms with Crippen molar-refractivity contribution in [1.29, 1.82) is 0 Å². The quantitative estimate of drug-likeness (QED) is 0.268. The van der Waals surface area contributed by atoms with Gasteiger partial charge in [0, 0.05) is 13.2 Å². The summed E-state index contributed by atoms with van der Waals surface area (Å²) < 4.78 is 5.12. The second-order valence-corrected chi connectivity index (χ2v) is 3.88. The first kappa shape index (κ1) is 13.8. The molecule has 0 aliphatic heterocycles. The van der Waals surface area contributed by atoms with Crippen LogP contribution in [0.25, 0.3) is 0 Å². The van der Waals surface area contributed by atoms with Gasteiger partial charge >= 0.3 is 0 Å². The third kappa shape index (κ3) is 3.37. The highest BCUT2D eigenvalue weighted by Crippen LogP contribution is 2.27. The van der Waals surface area contributed by atoms with E-state index < -0.39 is 4.92 Å². The van der Waals surface area contributed by atoms with Gasteiger partial charge in [0.2, 0.25) is 5.91 Å². The smallest absolute Gasteiger partial charge is 0.293 e. The van der Waals surface area contributed by atoms with E-state index in [0.29, 0.717) is 0 Å². The Hall–Kier alpha value is -1.22. The number of alkyl halides is 1. The Morgan fingerprint density at radius 1 is 1.53 bits per heavy atom. The van der Waals surface area contributed by atoms with Gasteiger partial charge in [0.25, 0.3) is 5.69 Å². The lowest BCUT2D eigenvalue weighted by molar-refractivity contribution is -0.384. The first-order valence-corrected chi connectivity index (χ1v) is 6.23. The van der Waals surface area contributed by atoms with Gasteiger partial charge in [-0.2, -0.15) is 0 Å². The summed E-state index contributed by atoms with van der Waals surface area (Å²) >= 11 is 1.91. The standard InChI is InChI=1S/C10H11IN2O4/c1-17-7-12(10(14)6-11)8-4-2-3-5-9(8)13(15)16/h2-5H,6-7H2,1H3. The Morgan fingerprint density at radius 3 is 2.71 bits per heavy atom. The predicted octanol–water partition coefficient (Wildman–Crippen LogP) is 1.97. The molecule has 0 saturated carbocycles. The summed E-state index contributed by atoms with van der Waals surface area (Å²) in [7, 11) is 1.43. The highest BCUT2D eigenvalue weighted by Gasteiger charge is 2.22. The summed E-state index contributed by atoms with van der Waals surface area (Å²) in [5.41, 5.74) is 0.142. The highest BCUT2D eigenvalue weighted by atomic mass is 127. The lowest BCUT2D eigenvalue weighted by Gasteiger charge is -2.20. The molecule has 0 saturated heterocycles. The zero-order chi connectivity index (χ0) is 12.8. The number of nitrogens with zero attached hydrogens (tertiary/aromatic N) is 2. The van der Waals surface area contributed by atoms with Gasteiger partial charge in [-0.15, -0.1) is 0 Å². The van der Waals surface area contributed by atoms with Crippen molar-refractivity contribution in [3.05, 3.63) is 34.4 Å². The predicted molar refractivity (Wildman–Crippen MR) is 71.3 cm³/mol. The molecule has 0 unspecified atom stereocenters. The van der Waals surface area contributed by atoms with Crippen LogP contribution in [-0.4, -0.2) is 29.1 Å². The van der Waals surface area contributed by atoms with Crippen molar-refractivity contribution in [2.75, 3.05) is 23.2 Å². The minimum absolute atomic E-state index is 0.00725. The van der Waals surface area contributed by atoms with E-state index in [2.05, 4.69) is 0 Å². The number of rotatable bonds is 5. The molecule has 0 atom stereocenters. The molecular weight excluding hydrogens is 339 g/mol. The summed E-state index contributed by atoms with van der Waals surface area (Å²) in [6.07, 6.45) is 0. The fourth-order valence-electron chi connectivity index (χ4n) is 1.32. The number of para-hydroxylation sites is 2. The maximum Gasteiger partial charge on any atom is 0.293 e. The van der Waals surface area contributed by atoms with Crippen LogP contribution in [0.15, 0.2) is 24.3 Å². The molecule has 1 amide bonds. The van der Waals surface area contributed by atoms with Crippen LogP contribution < -0.4 is 4.90 Å². The molecule has 92 valence electrons. The second-order valence-electron chi connectivity index (χ2n) is 3.12. The van der Waals surface area contributed by atoms with Crippen molar-refractivity contribution in [1.82, 2.24) is 0 Å². The maximum atomic E-state index is 11.7. The van der Waals surface area contributed by atoms with E-state index in [1.54, 1.807) is 12.1 Å². The number of nitro benzene ring substituents is 1. The van der Waals surface area contributed by atoms with Crippen LogP contribution >= 0.6 is 22.6 Å². The summed E-state index contributed by atoms with van der Waals surface area (Å²) in [6, 6.07) is 6.09. The molecule has 1 aromatic rings. The number of benzene rings is 1. The molecule has 1 aromatic carbocycles. The van der Waals surface area contributed by atoms with Gasteiger partial charge in [-0.1, -0.05) is 34.7 Å². The topological polar surface area (TPSA) is 72.7 Å². The second kappa shape index (κ2) is 6.50. The third-order valence-electron chi connectivity index (χ3n) is 2.04. The van der Waals surface area contributed by atoms with Crippen LogP contribution in [0, 0.1) is 10.1 Å². The Labute approximate surface area is 112 Å². The van der Waals surface area contributed by atoms with E-state index in [0.717, 1.165) is 0 Å². The van der Waals surface area contributed by atoms with Crippen LogP contribution in [0.1, 0.15) is 0 Å².